The number of rotatable bonds is 3. The van der Waals surface area contributed by atoms with Crippen molar-refractivity contribution in [1.29, 1.82) is 0 Å². The molecule has 0 aromatic heterocycles. The average molecular weight is 301 g/mol. The Morgan fingerprint density at radius 3 is 2.63 bits per heavy atom. The predicted octanol–water partition coefficient (Wildman–Crippen LogP) is 4.99. The molecule has 3 unspecified atom stereocenters. The Balaban J connectivity index is 2.30. The summed E-state index contributed by atoms with van der Waals surface area (Å²) in [7, 11) is 0. The Morgan fingerprint density at radius 2 is 2.05 bits per heavy atom. The van der Waals surface area contributed by atoms with Crippen molar-refractivity contribution in [2.45, 2.75) is 38.5 Å². The lowest BCUT2D eigenvalue weighted by molar-refractivity contribution is -0.143. The normalized spacial score (nSPS) is 27.2. The summed E-state index contributed by atoms with van der Waals surface area (Å²) in [5, 5.41) is 10.4. The Labute approximate surface area is 123 Å². The number of benzene rings is 1. The minimum Gasteiger partial charge on any atom is -0.481 e. The van der Waals surface area contributed by atoms with Gasteiger partial charge in [-0.25, -0.2) is 0 Å². The summed E-state index contributed by atoms with van der Waals surface area (Å²) in [6, 6.07) is 5.49. The molecule has 1 aliphatic rings. The van der Waals surface area contributed by atoms with Gasteiger partial charge in [-0.15, -0.1) is 0 Å². The lowest BCUT2D eigenvalue weighted by Gasteiger charge is -2.34. The van der Waals surface area contributed by atoms with Crippen LogP contribution in [0.3, 0.4) is 0 Å². The second-order valence-electron chi connectivity index (χ2n) is 5.31. The van der Waals surface area contributed by atoms with E-state index in [-0.39, 0.29) is 11.8 Å². The number of halogens is 2. The maximum absolute atomic E-state index is 11.4. The van der Waals surface area contributed by atoms with Crippen LogP contribution >= 0.6 is 23.2 Å². The molecule has 104 valence electrons. The molecule has 1 fully saturated rings. The highest BCUT2D eigenvalue weighted by molar-refractivity contribution is 6.42. The minimum absolute atomic E-state index is 0.0472. The van der Waals surface area contributed by atoms with Gasteiger partial charge in [-0.1, -0.05) is 42.6 Å². The van der Waals surface area contributed by atoms with Crippen molar-refractivity contribution in [3.63, 3.8) is 0 Å². The van der Waals surface area contributed by atoms with Crippen LogP contribution in [0, 0.1) is 11.8 Å². The van der Waals surface area contributed by atoms with Gasteiger partial charge in [-0.3, -0.25) is 4.79 Å². The highest BCUT2D eigenvalue weighted by atomic mass is 35.5. The van der Waals surface area contributed by atoms with Gasteiger partial charge in [-0.05, 0) is 48.8 Å². The van der Waals surface area contributed by atoms with Crippen LogP contribution < -0.4 is 0 Å². The zero-order valence-electron chi connectivity index (χ0n) is 10.9. The third-order valence-corrected chi connectivity index (χ3v) is 4.96. The first kappa shape index (κ1) is 14.7. The van der Waals surface area contributed by atoms with Crippen LogP contribution in [-0.2, 0) is 4.79 Å². The molecule has 0 saturated heterocycles. The van der Waals surface area contributed by atoms with Crippen LogP contribution in [0.2, 0.25) is 10.0 Å². The summed E-state index contributed by atoms with van der Waals surface area (Å²) in [6.45, 7) is 2.16. The highest BCUT2D eigenvalue weighted by Gasteiger charge is 2.35. The lowest BCUT2D eigenvalue weighted by Crippen LogP contribution is -2.29. The molecule has 4 heteroatoms. The molecule has 0 spiro atoms. The Bertz CT molecular complexity index is 473. The topological polar surface area (TPSA) is 37.3 Å². The Hall–Kier alpha value is -0.730. The van der Waals surface area contributed by atoms with Gasteiger partial charge in [0.25, 0.3) is 0 Å². The molecule has 0 amide bonds. The van der Waals surface area contributed by atoms with Crippen LogP contribution in [0.15, 0.2) is 18.2 Å². The van der Waals surface area contributed by atoms with Crippen molar-refractivity contribution < 1.29 is 9.90 Å². The summed E-state index contributed by atoms with van der Waals surface area (Å²) >= 11 is 12.0. The van der Waals surface area contributed by atoms with Crippen molar-refractivity contribution >= 4 is 29.2 Å². The molecule has 0 radical (unpaired) electrons. The second-order valence-corrected chi connectivity index (χ2v) is 6.13. The fourth-order valence-corrected chi connectivity index (χ4v) is 3.34. The first-order valence-electron chi connectivity index (χ1n) is 6.70. The number of hydrogen-bond acceptors (Lipinski definition) is 1. The quantitative estimate of drug-likeness (QED) is 0.854. The van der Waals surface area contributed by atoms with E-state index < -0.39 is 5.97 Å². The molecule has 1 aliphatic carbocycles. The maximum Gasteiger partial charge on any atom is 0.307 e. The number of carboxylic acid groups (broad SMARTS) is 1. The van der Waals surface area contributed by atoms with E-state index in [0.29, 0.717) is 16.0 Å². The molecule has 1 N–H and O–H groups in total. The molecule has 0 aliphatic heterocycles. The molecule has 3 atom stereocenters. The van der Waals surface area contributed by atoms with Crippen molar-refractivity contribution in [3.05, 3.63) is 33.8 Å². The van der Waals surface area contributed by atoms with Crippen LogP contribution in [0.5, 0.6) is 0 Å². The summed E-state index contributed by atoms with van der Waals surface area (Å²) in [4.78, 5) is 11.4. The van der Waals surface area contributed by atoms with Gasteiger partial charge < -0.3 is 5.11 Å². The molecular formula is C15H18Cl2O2. The Kier molecular flexibility index (Phi) is 4.75. The lowest BCUT2D eigenvalue weighted by atomic mass is 9.70. The van der Waals surface area contributed by atoms with Crippen molar-refractivity contribution in [1.82, 2.24) is 0 Å². The molecule has 1 aromatic rings. The van der Waals surface area contributed by atoms with Crippen LogP contribution in [0.25, 0.3) is 0 Å². The van der Waals surface area contributed by atoms with Crippen LogP contribution in [-0.4, -0.2) is 11.1 Å². The van der Waals surface area contributed by atoms with E-state index in [1.165, 1.54) is 0 Å². The van der Waals surface area contributed by atoms with Gasteiger partial charge in [0.1, 0.15) is 0 Å². The number of hydrogen-bond donors (Lipinski definition) is 1. The number of aliphatic carboxylic acids is 1. The van der Waals surface area contributed by atoms with Crippen LogP contribution in [0.1, 0.15) is 44.1 Å². The number of carboxylic acids is 1. The zero-order valence-corrected chi connectivity index (χ0v) is 12.4. The zero-order chi connectivity index (χ0) is 14.0. The Morgan fingerprint density at radius 1 is 1.32 bits per heavy atom. The molecule has 0 bridgehead atoms. The van der Waals surface area contributed by atoms with Crippen LogP contribution in [0.4, 0.5) is 0 Å². The average Bonchev–Trinajstić information content (AvgIpc) is 2.41. The molecule has 1 aromatic carbocycles. The maximum atomic E-state index is 11.4. The standard InChI is InChI=1S/C15H18Cl2O2/c1-2-9-3-5-11(15(18)19)12(7-9)10-4-6-13(16)14(17)8-10/h4,6,8-9,11-12H,2-3,5,7H2,1H3,(H,18,19). The van der Waals surface area contributed by atoms with Gasteiger partial charge in [-0.2, -0.15) is 0 Å². The van der Waals surface area contributed by atoms with E-state index in [4.69, 9.17) is 23.2 Å². The summed E-state index contributed by atoms with van der Waals surface area (Å²) in [5.41, 5.74) is 1.000. The smallest absolute Gasteiger partial charge is 0.307 e. The predicted molar refractivity (Wildman–Crippen MR) is 78.0 cm³/mol. The summed E-state index contributed by atoms with van der Waals surface area (Å²) in [5.74, 6) is -0.355. The van der Waals surface area contributed by atoms with E-state index in [1.54, 1.807) is 6.07 Å². The van der Waals surface area contributed by atoms with Crippen molar-refractivity contribution in [3.8, 4) is 0 Å². The van der Waals surface area contributed by atoms with E-state index in [0.717, 1.165) is 31.2 Å². The largest absolute Gasteiger partial charge is 0.481 e. The van der Waals surface area contributed by atoms with Gasteiger partial charge in [0, 0.05) is 0 Å². The molecule has 19 heavy (non-hydrogen) atoms. The van der Waals surface area contributed by atoms with Gasteiger partial charge in [0.05, 0.1) is 16.0 Å². The van der Waals surface area contributed by atoms with E-state index >= 15 is 0 Å². The molecule has 0 heterocycles. The van der Waals surface area contributed by atoms with Gasteiger partial charge in [0.15, 0.2) is 0 Å². The van der Waals surface area contributed by atoms with Crippen molar-refractivity contribution in [2.75, 3.05) is 0 Å². The minimum atomic E-state index is -0.703. The monoisotopic (exact) mass is 300 g/mol. The van der Waals surface area contributed by atoms with Gasteiger partial charge in [0.2, 0.25) is 0 Å². The molecule has 2 rings (SSSR count). The van der Waals surface area contributed by atoms with E-state index in [1.807, 2.05) is 12.1 Å². The summed E-state index contributed by atoms with van der Waals surface area (Å²) < 4.78 is 0. The second kappa shape index (κ2) is 6.15. The fourth-order valence-electron chi connectivity index (χ4n) is 3.04. The third-order valence-electron chi connectivity index (χ3n) is 4.23. The first-order valence-corrected chi connectivity index (χ1v) is 7.46. The fraction of sp³-hybridized carbons (Fsp3) is 0.533. The molecule has 1 saturated carbocycles. The molecule has 2 nitrogen and oxygen atoms in total. The van der Waals surface area contributed by atoms with Crippen molar-refractivity contribution in [2.24, 2.45) is 11.8 Å². The SMILES string of the molecule is CCC1CCC(C(=O)O)C(c2ccc(Cl)c(Cl)c2)C1. The number of carbonyl (C=O) groups is 1. The van der Waals surface area contributed by atoms with E-state index in [2.05, 4.69) is 6.92 Å². The first-order chi connectivity index (χ1) is 9.02. The van der Waals surface area contributed by atoms with E-state index in [9.17, 15) is 9.90 Å². The highest BCUT2D eigenvalue weighted by Crippen LogP contribution is 2.43. The molecular weight excluding hydrogens is 283 g/mol. The van der Waals surface area contributed by atoms with Gasteiger partial charge >= 0.3 is 5.97 Å². The third kappa shape index (κ3) is 3.24. The summed E-state index contributed by atoms with van der Waals surface area (Å²) in [6.07, 6.45) is 3.78.